The van der Waals surface area contributed by atoms with Crippen molar-refractivity contribution in [3.05, 3.63) is 24.3 Å². The van der Waals surface area contributed by atoms with Gasteiger partial charge in [0.15, 0.2) is 0 Å². The van der Waals surface area contributed by atoms with Gasteiger partial charge in [-0.15, -0.1) is 0 Å². The first kappa shape index (κ1) is 38.4. The number of nitrogens with zero attached hydrogens (tertiary/aromatic N) is 1. The van der Waals surface area contributed by atoms with Gasteiger partial charge in [0.25, 0.3) is 0 Å². The molecule has 232 valence electrons. The van der Waals surface area contributed by atoms with Gasteiger partial charge >= 0.3 is 0 Å². The first-order valence-corrected chi connectivity index (χ1v) is 18.2. The van der Waals surface area contributed by atoms with E-state index in [9.17, 15) is 0 Å². The van der Waals surface area contributed by atoms with Crippen LogP contribution in [0, 0.1) is 0 Å². The van der Waals surface area contributed by atoms with E-state index in [-0.39, 0.29) is 0 Å². The predicted molar refractivity (Wildman–Crippen MR) is 181 cm³/mol. The summed E-state index contributed by atoms with van der Waals surface area (Å²) in [5, 5.41) is 0. The van der Waals surface area contributed by atoms with E-state index in [0.717, 1.165) is 0 Å². The molecule has 0 aliphatic carbocycles. The fourth-order valence-corrected chi connectivity index (χ4v) is 5.69. The van der Waals surface area contributed by atoms with Crippen LogP contribution in [0.4, 0.5) is 0 Å². The van der Waals surface area contributed by atoms with Gasteiger partial charge in [0, 0.05) is 0 Å². The quantitative estimate of drug-likeness (QED) is 0.0447. The van der Waals surface area contributed by atoms with Crippen molar-refractivity contribution >= 4 is 0 Å². The van der Waals surface area contributed by atoms with Gasteiger partial charge in [0.2, 0.25) is 0 Å². The molecule has 0 unspecified atom stereocenters. The zero-order chi connectivity index (χ0) is 28.5. The normalized spacial score (nSPS) is 12.4. The molecule has 0 saturated carbocycles. The smallest absolute Gasteiger partial charge is 0.0782 e. The highest BCUT2D eigenvalue weighted by Crippen LogP contribution is 2.14. The maximum Gasteiger partial charge on any atom is 0.0782 e. The molecule has 0 aromatic heterocycles. The van der Waals surface area contributed by atoms with Crippen LogP contribution in [-0.2, 0) is 0 Å². The summed E-state index contributed by atoms with van der Waals surface area (Å²) in [6, 6.07) is 0. The van der Waals surface area contributed by atoms with E-state index >= 15 is 0 Å². The molecule has 0 heterocycles. The summed E-state index contributed by atoms with van der Waals surface area (Å²) in [4.78, 5) is 0. The average molecular weight is 547 g/mol. The van der Waals surface area contributed by atoms with Crippen LogP contribution in [0.3, 0.4) is 0 Å². The Hall–Kier alpha value is -0.560. The lowest BCUT2D eigenvalue weighted by Crippen LogP contribution is -2.41. The maximum absolute atomic E-state index is 2.45. The van der Waals surface area contributed by atoms with Crippen LogP contribution >= 0.6 is 0 Å². The van der Waals surface area contributed by atoms with Crippen molar-refractivity contribution in [3.8, 4) is 0 Å². The summed E-state index contributed by atoms with van der Waals surface area (Å²) in [7, 11) is 4.91. The van der Waals surface area contributed by atoms with Gasteiger partial charge in [0.05, 0.1) is 27.2 Å². The van der Waals surface area contributed by atoms with Crippen LogP contribution in [0.5, 0.6) is 0 Å². The topological polar surface area (TPSA) is 0 Å². The summed E-state index contributed by atoms with van der Waals surface area (Å²) in [6.07, 6.45) is 49.0. The predicted octanol–water partition coefficient (Wildman–Crippen LogP) is 13.1. The molecule has 1 nitrogen and oxygen atoms in total. The highest BCUT2D eigenvalue weighted by Gasteiger charge is 2.13. The molecule has 0 aliphatic heterocycles. The summed E-state index contributed by atoms with van der Waals surface area (Å²) in [5.74, 6) is 0. The second-order valence-corrected chi connectivity index (χ2v) is 13.3. The van der Waals surface area contributed by atoms with E-state index in [1.54, 1.807) is 0 Å². The number of allylic oxidation sites excluding steroid dienone is 4. The van der Waals surface area contributed by atoms with E-state index in [0.29, 0.717) is 0 Å². The van der Waals surface area contributed by atoms with E-state index < -0.39 is 0 Å². The average Bonchev–Trinajstić information content (AvgIpc) is 2.92. The van der Waals surface area contributed by atoms with E-state index in [1.807, 2.05) is 0 Å². The monoisotopic (exact) mass is 547 g/mol. The van der Waals surface area contributed by atoms with Crippen molar-refractivity contribution in [2.24, 2.45) is 0 Å². The number of hydrogen-bond donors (Lipinski definition) is 0. The molecule has 39 heavy (non-hydrogen) atoms. The van der Waals surface area contributed by atoms with Crippen LogP contribution < -0.4 is 0 Å². The second-order valence-electron chi connectivity index (χ2n) is 13.3. The van der Waals surface area contributed by atoms with Crippen molar-refractivity contribution in [2.45, 2.75) is 194 Å². The number of quaternary nitrogens is 1. The molecule has 0 bridgehead atoms. The standard InChI is InChI=1S/C38H76N/c1-5-7-9-11-13-15-17-19-21-23-25-27-29-31-33-35-37-39(3,4)38-36-34-32-30-28-26-24-22-20-18-16-14-12-10-8-6-2/h19-22H,5-18,23-38H2,1-4H3/q+1/b21-19-,22-20?. The highest BCUT2D eigenvalue weighted by atomic mass is 15.3. The van der Waals surface area contributed by atoms with Crippen molar-refractivity contribution in [1.29, 1.82) is 0 Å². The minimum Gasteiger partial charge on any atom is -0.328 e. The Balaban J connectivity index is 3.36. The van der Waals surface area contributed by atoms with Crippen LogP contribution in [-0.4, -0.2) is 31.7 Å². The fourth-order valence-electron chi connectivity index (χ4n) is 5.69. The minimum atomic E-state index is 1.23. The Kier molecular flexibility index (Phi) is 31.5. The van der Waals surface area contributed by atoms with Crippen molar-refractivity contribution in [1.82, 2.24) is 0 Å². The van der Waals surface area contributed by atoms with Crippen LogP contribution in [0.1, 0.15) is 194 Å². The van der Waals surface area contributed by atoms with Gasteiger partial charge in [-0.3, -0.25) is 0 Å². The Bertz CT molecular complexity index is 459. The molecule has 1 heteroatoms. The molecule has 0 radical (unpaired) electrons. The molecule has 0 saturated heterocycles. The third-order valence-corrected chi connectivity index (χ3v) is 8.55. The number of hydrogen-bond acceptors (Lipinski definition) is 0. The summed E-state index contributed by atoms with van der Waals surface area (Å²) in [6.45, 7) is 7.33. The van der Waals surface area contributed by atoms with Gasteiger partial charge in [0.1, 0.15) is 0 Å². The van der Waals surface area contributed by atoms with Gasteiger partial charge < -0.3 is 4.48 Å². The SMILES string of the molecule is CCCCCCCCC=CCCCCCCCC[N+](C)(C)CCCCCCCC/C=C\CCCCCCCC. The third kappa shape index (κ3) is 33.5. The molecular formula is C38H76N+. The molecule has 0 aliphatic rings. The molecule has 0 spiro atoms. The Morgan fingerprint density at radius 3 is 0.821 bits per heavy atom. The zero-order valence-corrected chi connectivity index (χ0v) is 28.0. The molecule has 0 N–H and O–H groups in total. The maximum atomic E-state index is 2.45. The Morgan fingerprint density at radius 1 is 0.308 bits per heavy atom. The molecule has 0 rings (SSSR count). The molecule has 0 aromatic carbocycles. The molecular weight excluding hydrogens is 470 g/mol. The van der Waals surface area contributed by atoms with Gasteiger partial charge in [-0.2, -0.15) is 0 Å². The van der Waals surface area contributed by atoms with Crippen LogP contribution in [0.15, 0.2) is 24.3 Å². The van der Waals surface area contributed by atoms with Crippen molar-refractivity contribution in [3.63, 3.8) is 0 Å². The minimum absolute atomic E-state index is 1.23. The zero-order valence-electron chi connectivity index (χ0n) is 28.0. The Labute approximate surface area is 249 Å². The molecule has 0 fully saturated rings. The van der Waals surface area contributed by atoms with Crippen molar-refractivity contribution in [2.75, 3.05) is 27.2 Å². The molecule has 0 aromatic rings. The summed E-state index contributed by atoms with van der Waals surface area (Å²) in [5.41, 5.74) is 0. The highest BCUT2D eigenvalue weighted by molar-refractivity contribution is 4.82. The van der Waals surface area contributed by atoms with Crippen LogP contribution in [0.2, 0.25) is 0 Å². The van der Waals surface area contributed by atoms with Crippen molar-refractivity contribution < 1.29 is 4.48 Å². The third-order valence-electron chi connectivity index (χ3n) is 8.55. The van der Waals surface area contributed by atoms with E-state index in [2.05, 4.69) is 52.2 Å². The van der Waals surface area contributed by atoms with Gasteiger partial charge in [-0.1, -0.05) is 141 Å². The first-order chi connectivity index (χ1) is 19.1. The molecule has 0 atom stereocenters. The number of rotatable bonds is 32. The van der Waals surface area contributed by atoms with Gasteiger partial charge in [-0.05, 0) is 77.0 Å². The Morgan fingerprint density at radius 2 is 0.538 bits per heavy atom. The summed E-state index contributed by atoms with van der Waals surface area (Å²) < 4.78 is 1.23. The lowest BCUT2D eigenvalue weighted by Gasteiger charge is -2.30. The lowest BCUT2D eigenvalue weighted by molar-refractivity contribution is -0.890. The lowest BCUT2D eigenvalue weighted by atomic mass is 10.1. The van der Waals surface area contributed by atoms with Gasteiger partial charge in [-0.25, -0.2) is 0 Å². The number of unbranched alkanes of at least 4 members (excludes halogenated alkanes) is 24. The van der Waals surface area contributed by atoms with Crippen LogP contribution in [0.25, 0.3) is 0 Å². The second kappa shape index (κ2) is 32.0. The summed E-state index contributed by atoms with van der Waals surface area (Å²) >= 11 is 0. The fraction of sp³-hybridized carbons (Fsp3) is 0.895. The molecule has 0 amide bonds. The van der Waals surface area contributed by atoms with E-state index in [1.165, 1.54) is 197 Å². The largest absolute Gasteiger partial charge is 0.328 e. The first-order valence-electron chi connectivity index (χ1n) is 18.2. The van der Waals surface area contributed by atoms with E-state index in [4.69, 9.17) is 0 Å².